The zero-order valence-electron chi connectivity index (χ0n) is 11.5. The van der Waals surface area contributed by atoms with Gasteiger partial charge in [0.2, 0.25) is 0 Å². The van der Waals surface area contributed by atoms with Crippen molar-refractivity contribution in [2.24, 2.45) is 0 Å². The summed E-state index contributed by atoms with van der Waals surface area (Å²) in [4.78, 5) is -0.226. The van der Waals surface area contributed by atoms with Gasteiger partial charge < -0.3 is 10.1 Å². The first-order valence-electron chi connectivity index (χ1n) is 6.30. The van der Waals surface area contributed by atoms with E-state index in [0.29, 0.717) is 12.6 Å². The van der Waals surface area contributed by atoms with Crippen LogP contribution in [0.1, 0.15) is 13.3 Å². The molecule has 7 heteroatoms. The molecule has 4 nitrogen and oxygen atoms in total. The Morgan fingerprint density at radius 3 is 2.55 bits per heavy atom. The molecular weight excluding hydrogens is 288 g/mol. The molecule has 1 atom stereocenters. The van der Waals surface area contributed by atoms with Gasteiger partial charge in [0, 0.05) is 13.2 Å². The zero-order valence-corrected chi connectivity index (χ0v) is 12.3. The van der Waals surface area contributed by atoms with Crippen LogP contribution < -0.4 is 5.32 Å². The number of hydrogen-bond acceptors (Lipinski definition) is 4. The van der Waals surface area contributed by atoms with Crippen LogP contribution in [0.15, 0.2) is 23.1 Å². The average Bonchev–Trinajstić information content (AvgIpc) is 2.39. The van der Waals surface area contributed by atoms with E-state index in [1.54, 1.807) is 0 Å². The molecule has 1 aromatic rings. The number of benzene rings is 1. The van der Waals surface area contributed by atoms with E-state index in [1.165, 1.54) is 7.11 Å². The molecule has 114 valence electrons. The Labute approximate surface area is 118 Å². The summed E-state index contributed by atoms with van der Waals surface area (Å²) >= 11 is 0. The van der Waals surface area contributed by atoms with E-state index in [2.05, 4.69) is 5.32 Å². The normalized spacial score (nSPS) is 13.4. The van der Waals surface area contributed by atoms with Crippen molar-refractivity contribution in [1.82, 2.24) is 5.32 Å². The third kappa shape index (κ3) is 4.81. The lowest BCUT2D eigenvalue weighted by atomic mass is 10.3. The van der Waals surface area contributed by atoms with Crippen LogP contribution in [0, 0.1) is 11.6 Å². The predicted molar refractivity (Wildman–Crippen MR) is 72.4 cm³/mol. The number of ether oxygens (including phenoxy) is 1. The highest BCUT2D eigenvalue weighted by Crippen LogP contribution is 2.16. The van der Waals surface area contributed by atoms with Crippen LogP contribution in [-0.2, 0) is 14.6 Å². The molecule has 1 aromatic carbocycles. The fourth-order valence-electron chi connectivity index (χ4n) is 1.75. The third-order valence-corrected chi connectivity index (χ3v) is 4.54. The summed E-state index contributed by atoms with van der Waals surface area (Å²) in [5.41, 5.74) is 0. The van der Waals surface area contributed by atoms with Crippen molar-refractivity contribution in [2.45, 2.75) is 24.3 Å². The van der Waals surface area contributed by atoms with Crippen LogP contribution in [-0.4, -0.2) is 40.5 Å². The fourth-order valence-corrected chi connectivity index (χ4v) is 3.24. The summed E-state index contributed by atoms with van der Waals surface area (Å²) in [5.74, 6) is -2.47. The van der Waals surface area contributed by atoms with Crippen molar-refractivity contribution in [3.8, 4) is 0 Å². The summed E-state index contributed by atoms with van der Waals surface area (Å²) in [5, 5.41) is 3.05. The molecule has 20 heavy (non-hydrogen) atoms. The molecular formula is C13H19F2NO3S. The SMILES string of the molecule is CCCNC(COC)CS(=O)(=O)c1ccc(F)c(F)c1. The summed E-state index contributed by atoms with van der Waals surface area (Å²) in [7, 11) is -2.22. The van der Waals surface area contributed by atoms with E-state index >= 15 is 0 Å². The Morgan fingerprint density at radius 1 is 1.30 bits per heavy atom. The van der Waals surface area contributed by atoms with Gasteiger partial charge in [0.25, 0.3) is 0 Å². The molecule has 0 fully saturated rings. The van der Waals surface area contributed by atoms with Gasteiger partial charge in [-0.1, -0.05) is 6.92 Å². The molecule has 0 amide bonds. The van der Waals surface area contributed by atoms with Crippen molar-refractivity contribution in [3.05, 3.63) is 29.8 Å². The van der Waals surface area contributed by atoms with Crippen LogP contribution in [0.25, 0.3) is 0 Å². The first kappa shape index (κ1) is 17.0. The van der Waals surface area contributed by atoms with Crippen LogP contribution >= 0.6 is 0 Å². The van der Waals surface area contributed by atoms with Gasteiger partial charge in [0.1, 0.15) is 0 Å². The minimum atomic E-state index is -3.70. The molecule has 0 saturated carbocycles. The van der Waals surface area contributed by atoms with Crippen LogP contribution in [0.3, 0.4) is 0 Å². The molecule has 0 heterocycles. The Balaban J connectivity index is 2.87. The maximum Gasteiger partial charge on any atom is 0.180 e. The van der Waals surface area contributed by atoms with Crippen LogP contribution in [0.5, 0.6) is 0 Å². The molecule has 0 saturated heterocycles. The lowest BCUT2D eigenvalue weighted by molar-refractivity contribution is 0.173. The number of halogens is 2. The van der Waals surface area contributed by atoms with Crippen molar-refractivity contribution in [2.75, 3.05) is 26.0 Å². The number of sulfone groups is 1. The second-order valence-electron chi connectivity index (χ2n) is 4.46. The molecule has 0 aromatic heterocycles. The second kappa shape index (κ2) is 7.66. The van der Waals surface area contributed by atoms with Gasteiger partial charge in [-0.2, -0.15) is 0 Å². The molecule has 0 aliphatic carbocycles. The highest BCUT2D eigenvalue weighted by Gasteiger charge is 2.22. The van der Waals surface area contributed by atoms with Gasteiger partial charge >= 0.3 is 0 Å². The third-order valence-electron chi connectivity index (χ3n) is 2.72. The average molecular weight is 307 g/mol. The first-order chi connectivity index (χ1) is 9.40. The van der Waals surface area contributed by atoms with Gasteiger partial charge in [0.15, 0.2) is 21.5 Å². The summed E-state index contributed by atoms with van der Waals surface area (Å²) in [6.45, 7) is 2.84. The molecule has 1 unspecified atom stereocenters. The monoisotopic (exact) mass is 307 g/mol. The van der Waals surface area contributed by atoms with E-state index < -0.39 is 27.5 Å². The molecule has 0 bridgehead atoms. The number of nitrogens with one attached hydrogen (secondary N) is 1. The zero-order chi connectivity index (χ0) is 15.2. The smallest absolute Gasteiger partial charge is 0.180 e. The maximum absolute atomic E-state index is 13.1. The fraction of sp³-hybridized carbons (Fsp3) is 0.538. The van der Waals surface area contributed by atoms with Crippen molar-refractivity contribution < 1.29 is 21.9 Å². The van der Waals surface area contributed by atoms with E-state index in [1.807, 2.05) is 6.92 Å². The van der Waals surface area contributed by atoms with E-state index in [0.717, 1.165) is 18.6 Å². The van der Waals surface area contributed by atoms with Crippen molar-refractivity contribution in [3.63, 3.8) is 0 Å². The van der Waals surface area contributed by atoms with Gasteiger partial charge in [-0.15, -0.1) is 0 Å². The van der Waals surface area contributed by atoms with Gasteiger partial charge in [-0.25, -0.2) is 17.2 Å². The predicted octanol–water partition coefficient (Wildman–Crippen LogP) is 1.75. The molecule has 1 rings (SSSR count). The van der Waals surface area contributed by atoms with E-state index in [4.69, 9.17) is 4.74 Å². The Hall–Kier alpha value is -1.05. The standard InChI is InChI=1S/C13H19F2NO3S/c1-3-6-16-10(8-19-2)9-20(17,18)11-4-5-12(14)13(15)7-11/h4-5,7,10,16H,3,6,8-9H2,1-2H3. The molecule has 0 aliphatic rings. The number of hydrogen-bond donors (Lipinski definition) is 1. The van der Waals surface area contributed by atoms with Gasteiger partial charge in [-0.05, 0) is 31.2 Å². The first-order valence-corrected chi connectivity index (χ1v) is 7.96. The van der Waals surface area contributed by atoms with Crippen molar-refractivity contribution >= 4 is 9.84 Å². The number of rotatable bonds is 8. The van der Waals surface area contributed by atoms with Crippen LogP contribution in [0.4, 0.5) is 8.78 Å². The van der Waals surface area contributed by atoms with Gasteiger partial charge in [-0.3, -0.25) is 0 Å². The van der Waals surface area contributed by atoms with Gasteiger partial charge in [0.05, 0.1) is 17.3 Å². The van der Waals surface area contributed by atoms with Crippen molar-refractivity contribution in [1.29, 1.82) is 0 Å². The number of methoxy groups -OCH3 is 1. The summed E-state index contributed by atoms with van der Waals surface area (Å²) in [6.07, 6.45) is 0.853. The van der Waals surface area contributed by atoms with E-state index in [-0.39, 0.29) is 17.3 Å². The quantitative estimate of drug-likeness (QED) is 0.744. The van der Waals surface area contributed by atoms with Crippen LogP contribution in [0.2, 0.25) is 0 Å². The highest BCUT2D eigenvalue weighted by molar-refractivity contribution is 7.91. The topological polar surface area (TPSA) is 55.4 Å². The molecule has 0 aliphatic heterocycles. The molecule has 1 N–H and O–H groups in total. The minimum Gasteiger partial charge on any atom is -0.383 e. The Bertz CT molecular complexity index is 534. The summed E-state index contributed by atoms with van der Waals surface area (Å²) in [6, 6.07) is 2.19. The van der Waals surface area contributed by atoms with E-state index in [9.17, 15) is 17.2 Å². The molecule has 0 radical (unpaired) electrons. The maximum atomic E-state index is 13.1. The lowest BCUT2D eigenvalue weighted by Gasteiger charge is -2.17. The molecule has 0 spiro atoms. The highest BCUT2D eigenvalue weighted by atomic mass is 32.2. The summed E-state index contributed by atoms with van der Waals surface area (Å²) < 4.78 is 55.2. The Kier molecular flexibility index (Phi) is 6.51. The lowest BCUT2D eigenvalue weighted by Crippen LogP contribution is -2.39. The Morgan fingerprint density at radius 2 is 2.00 bits per heavy atom. The largest absolute Gasteiger partial charge is 0.383 e. The second-order valence-corrected chi connectivity index (χ2v) is 6.50. The minimum absolute atomic E-state index is 0.225.